The van der Waals surface area contributed by atoms with E-state index in [0.717, 1.165) is 23.1 Å². The lowest BCUT2D eigenvalue weighted by Gasteiger charge is -2.14. The Labute approximate surface area is 128 Å². The first-order valence-electron chi connectivity index (χ1n) is 7.36. The SMILES string of the molecule is CC[C@@H](CO)Nc1ncnc2c1cnn2-c1ccc(C)cc1. The minimum absolute atomic E-state index is 0.0270. The first-order chi connectivity index (χ1) is 10.7. The Morgan fingerprint density at radius 3 is 2.68 bits per heavy atom. The fraction of sp³-hybridized carbons (Fsp3) is 0.312. The molecule has 0 spiro atoms. The lowest BCUT2D eigenvalue weighted by atomic mass is 10.2. The number of aliphatic hydroxyl groups excluding tert-OH is 1. The van der Waals surface area contributed by atoms with Crippen LogP contribution in [0.1, 0.15) is 18.9 Å². The molecule has 0 bridgehead atoms. The van der Waals surface area contributed by atoms with Crippen LogP contribution in [0.2, 0.25) is 0 Å². The summed E-state index contributed by atoms with van der Waals surface area (Å²) in [5, 5.41) is 17.9. The summed E-state index contributed by atoms with van der Waals surface area (Å²) in [6.45, 7) is 4.13. The molecule has 3 aromatic rings. The zero-order valence-electron chi connectivity index (χ0n) is 12.7. The predicted octanol–water partition coefficient (Wildman–Crippen LogP) is 2.31. The van der Waals surface area contributed by atoms with Gasteiger partial charge in [-0.1, -0.05) is 24.6 Å². The Bertz CT molecular complexity index is 762. The van der Waals surface area contributed by atoms with Gasteiger partial charge in [-0.2, -0.15) is 5.10 Å². The summed E-state index contributed by atoms with van der Waals surface area (Å²) in [6, 6.07) is 8.09. The Balaban J connectivity index is 2.03. The summed E-state index contributed by atoms with van der Waals surface area (Å²) in [5.41, 5.74) is 2.90. The summed E-state index contributed by atoms with van der Waals surface area (Å²) in [5.74, 6) is 0.698. The minimum atomic E-state index is -0.0270. The molecule has 0 amide bonds. The Morgan fingerprint density at radius 1 is 1.23 bits per heavy atom. The van der Waals surface area contributed by atoms with Crippen LogP contribution in [0.4, 0.5) is 5.82 Å². The second kappa shape index (κ2) is 6.11. The Kier molecular flexibility index (Phi) is 4.02. The molecule has 0 aliphatic heterocycles. The third-order valence-electron chi connectivity index (χ3n) is 3.70. The summed E-state index contributed by atoms with van der Waals surface area (Å²) in [6.07, 6.45) is 4.08. The highest BCUT2D eigenvalue weighted by Gasteiger charge is 2.13. The summed E-state index contributed by atoms with van der Waals surface area (Å²) < 4.78 is 1.79. The molecule has 22 heavy (non-hydrogen) atoms. The first kappa shape index (κ1) is 14.5. The van der Waals surface area contributed by atoms with Crippen molar-refractivity contribution in [1.29, 1.82) is 0 Å². The van der Waals surface area contributed by atoms with Crippen LogP contribution in [0.3, 0.4) is 0 Å². The number of aryl methyl sites for hydroxylation is 1. The molecule has 6 nitrogen and oxygen atoms in total. The van der Waals surface area contributed by atoms with Gasteiger partial charge in [0.25, 0.3) is 0 Å². The van der Waals surface area contributed by atoms with E-state index in [1.54, 1.807) is 10.9 Å². The average Bonchev–Trinajstić information content (AvgIpc) is 2.98. The highest BCUT2D eigenvalue weighted by Crippen LogP contribution is 2.22. The summed E-state index contributed by atoms with van der Waals surface area (Å²) >= 11 is 0. The third kappa shape index (κ3) is 2.65. The third-order valence-corrected chi connectivity index (χ3v) is 3.70. The van der Waals surface area contributed by atoms with Crippen LogP contribution < -0.4 is 5.32 Å². The van der Waals surface area contributed by atoms with Crippen LogP contribution in [-0.2, 0) is 0 Å². The van der Waals surface area contributed by atoms with E-state index in [1.807, 2.05) is 31.2 Å². The van der Waals surface area contributed by atoms with Gasteiger partial charge in [-0.3, -0.25) is 0 Å². The van der Waals surface area contributed by atoms with Crippen molar-refractivity contribution in [2.45, 2.75) is 26.3 Å². The van der Waals surface area contributed by atoms with Crippen molar-refractivity contribution < 1.29 is 5.11 Å². The van der Waals surface area contributed by atoms with E-state index < -0.39 is 0 Å². The molecule has 2 N–H and O–H groups in total. The van der Waals surface area contributed by atoms with Crippen molar-refractivity contribution in [3.63, 3.8) is 0 Å². The molecule has 2 heterocycles. The van der Waals surface area contributed by atoms with Gasteiger partial charge in [0.1, 0.15) is 12.1 Å². The molecule has 6 heteroatoms. The molecule has 2 aromatic heterocycles. The highest BCUT2D eigenvalue weighted by molar-refractivity contribution is 5.87. The van der Waals surface area contributed by atoms with E-state index in [9.17, 15) is 5.11 Å². The molecule has 1 atom stereocenters. The molecule has 0 unspecified atom stereocenters. The highest BCUT2D eigenvalue weighted by atomic mass is 16.3. The lowest BCUT2D eigenvalue weighted by Crippen LogP contribution is -2.23. The number of rotatable bonds is 5. The maximum atomic E-state index is 9.34. The van der Waals surface area contributed by atoms with Gasteiger partial charge in [-0.05, 0) is 25.5 Å². The van der Waals surface area contributed by atoms with E-state index in [2.05, 4.69) is 27.3 Å². The summed E-state index contributed by atoms with van der Waals surface area (Å²) in [7, 11) is 0. The molecular formula is C16H19N5O. The second-order valence-corrected chi connectivity index (χ2v) is 5.28. The van der Waals surface area contributed by atoms with E-state index >= 15 is 0 Å². The van der Waals surface area contributed by atoms with Gasteiger partial charge >= 0.3 is 0 Å². The smallest absolute Gasteiger partial charge is 0.168 e. The van der Waals surface area contributed by atoms with Gasteiger partial charge in [0.15, 0.2) is 5.65 Å². The number of hydrogen-bond acceptors (Lipinski definition) is 5. The van der Waals surface area contributed by atoms with Crippen molar-refractivity contribution in [3.05, 3.63) is 42.4 Å². The van der Waals surface area contributed by atoms with E-state index in [4.69, 9.17) is 0 Å². The molecule has 0 saturated heterocycles. The number of nitrogens with one attached hydrogen (secondary N) is 1. The maximum absolute atomic E-state index is 9.34. The fourth-order valence-electron chi connectivity index (χ4n) is 2.30. The quantitative estimate of drug-likeness (QED) is 0.756. The molecule has 0 aliphatic rings. The molecule has 0 aliphatic carbocycles. The standard InChI is InChI=1S/C16H19N5O/c1-3-12(9-22)20-15-14-8-19-21(16(14)18-10-17-15)13-6-4-11(2)5-7-13/h4-8,10,12,22H,3,9H2,1-2H3,(H,17,18,20)/t12-/m0/s1. The van der Waals surface area contributed by atoms with Gasteiger partial charge in [-0.15, -0.1) is 0 Å². The van der Waals surface area contributed by atoms with Crippen molar-refractivity contribution in [3.8, 4) is 5.69 Å². The predicted molar refractivity (Wildman–Crippen MR) is 86.2 cm³/mol. The minimum Gasteiger partial charge on any atom is -0.394 e. The van der Waals surface area contributed by atoms with Crippen LogP contribution in [0.25, 0.3) is 16.7 Å². The van der Waals surface area contributed by atoms with Gasteiger partial charge < -0.3 is 10.4 Å². The number of aromatic nitrogens is 4. The first-order valence-corrected chi connectivity index (χ1v) is 7.36. The molecule has 0 fully saturated rings. The van der Waals surface area contributed by atoms with Crippen molar-refractivity contribution >= 4 is 16.9 Å². The van der Waals surface area contributed by atoms with Crippen LogP contribution in [0.15, 0.2) is 36.8 Å². The summed E-state index contributed by atoms with van der Waals surface area (Å²) in [4.78, 5) is 8.62. The van der Waals surface area contributed by atoms with E-state index in [1.165, 1.54) is 11.9 Å². The molecule has 1 aromatic carbocycles. The number of nitrogens with zero attached hydrogens (tertiary/aromatic N) is 4. The zero-order chi connectivity index (χ0) is 15.5. The number of anilines is 1. The molecule has 0 saturated carbocycles. The van der Waals surface area contributed by atoms with Crippen LogP contribution in [-0.4, -0.2) is 37.5 Å². The second-order valence-electron chi connectivity index (χ2n) is 5.28. The Morgan fingerprint density at radius 2 is 2.00 bits per heavy atom. The largest absolute Gasteiger partial charge is 0.394 e. The molecule has 0 radical (unpaired) electrons. The maximum Gasteiger partial charge on any atom is 0.168 e. The van der Waals surface area contributed by atoms with Crippen LogP contribution in [0.5, 0.6) is 0 Å². The van der Waals surface area contributed by atoms with E-state index in [-0.39, 0.29) is 12.6 Å². The van der Waals surface area contributed by atoms with Gasteiger partial charge in [0.05, 0.1) is 29.9 Å². The molecular weight excluding hydrogens is 278 g/mol. The van der Waals surface area contributed by atoms with E-state index in [0.29, 0.717) is 5.82 Å². The number of fused-ring (bicyclic) bond motifs is 1. The average molecular weight is 297 g/mol. The van der Waals surface area contributed by atoms with Crippen molar-refractivity contribution in [1.82, 2.24) is 19.7 Å². The van der Waals surface area contributed by atoms with Crippen LogP contribution >= 0.6 is 0 Å². The van der Waals surface area contributed by atoms with Gasteiger partial charge in [-0.25, -0.2) is 14.6 Å². The fourth-order valence-corrected chi connectivity index (χ4v) is 2.30. The lowest BCUT2D eigenvalue weighted by molar-refractivity contribution is 0.271. The van der Waals surface area contributed by atoms with Crippen molar-refractivity contribution in [2.24, 2.45) is 0 Å². The molecule has 3 rings (SSSR count). The number of hydrogen-bond donors (Lipinski definition) is 2. The topological polar surface area (TPSA) is 75.9 Å². The monoisotopic (exact) mass is 297 g/mol. The van der Waals surface area contributed by atoms with Crippen LogP contribution in [0, 0.1) is 6.92 Å². The number of benzene rings is 1. The van der Waals surface area contributed by atoms with Crippen molar-refractivity contribution in [2.75, 3.05) is 11.9 Å². The Hall–Kier alpha value is -2.47. The van der Waals surface area contributed by atoms with Gasteiger partial charge in [0.2, 0.25) is 0 Å². The normalized spacial score (nSPS) is 12.5. The number of aliphatic hydroxyl groups is 1. The zero-order valence-corrected chi connectivity index (χ0v) is 12.7. The van der Waals surface area contributed by atoms with Gasteiger partial charge in [0, 0.05) is 0 Å². The molecule has 114 valence electrons.